The molecule has 0 N–H and O–H groups in total. The predicted octanol–water partition coefficient (Wildman–Crippen LogP) is 2.06. The summed E-state index contributed by atoms with van der Waals surface area (Å²) in [6, 6.07) is 5.61. The Hall–Kier alpha value is -1.60. The highest BCUT2D eigenvalue weighted by atomic mass is 16.5. The van der Waals surface area contributed by atoms with Gasteiger partial charge in [-0.1, -0.05) is 0 Å². The summed E-state index contributed by atoms with van der Waals surface area (Å²) in [5.41, 5.74) is 0.511. The van der Waals surface area contributed by atoms with Gasteiger partial charge in [0.15, 0.2) is 0 Å². The number of likely N-dealkylation sites (tertiary alicyclic amines) is 1. The second-order valence-corrected chi connectivity index (χ2v) is 4.93. The van der Waals surface area contributed by atoms with Crippen molar-refractivity contribution in [3.8, 4) is 11.9 Å². The summed E-state index contributed by atoms with van der Waals surface area (Å²) in [4.78, 5) is 6.48. The van der Waals surface area contributed by atoms with Crippen LogP contribution < -0.4 is 4.74 Å². The SMILES string of the molecule is CC(Oc1ncccc1C#N)C1CCN(C)CC1. The van der Waals surface area contributed by atoms with Gasteiger partial charge in [-0.3, -0.25) is 0 Å². The summed E-state index contributed by atoms with van der Waals surface area (Å²) >= 11 is 0. The van der Waals surface area contributed by atoms with E-state index >= 15 is 0 Å². The molecule has 1 saturated heterocycles. The molecule has 4 nitrogen and oxygen atoms in total. The predicted molar refractivity (Wildman–Crippen MR) is 69.3 cm³/mol. The van der Waals surface area contributed by atoms with Gasteiger partial charge in [0.05, 0.1) is 0 Å². The van der Waals surface area contributed by atoms with E-state index in [1.807, 2.05) is 0 Å². The van der Waals surface area contributed by atoms with E-state index < -0.39 is 0 Å². The molecular weight excluding hydrogens is 226 g/mol. The van der Waals surface area contributed by atoms with E-state index in [-0.39, 0.29) is 6.10 Å². The number of hydrogen-bond acceptors (Lipinski definition) is 4. The summed E-state index contributed by atoms with van der Waals surface area (Å²) in [5.74, 6) is 1.01. The minimum absolute atomic E-state index is 0.112. The van der Waals surface area contributed by atoms with Crippen LogP contribution in [-0.4, -0.2) is 36.1 Å². The van der Waals surface area contributed by atoms with Gasteiger partial charge in [-0.2, -0.15) is 5.26 Å². The maximum atomic E-state index is 9.00. The van der Waals surface area contributed by atoms with Gasteiger partial charge in [-0.15, -0.1) is 0 Å². The summed E-state index contributed by atoms with van der Waals surface area (Å²) in [5, 5.41) is 9.00. The molecule has 1 fully saturated rings. The van der Waals surface area contributed by atoms with Crippen LogP contribution in [0.3, 0.4) is 0 Å². The molecule has 0 aliphatic carbocycles. The first kappa shape index (κ1) is 12.8. The first-order chi connectivity index (χ1) is 8.70. The first-order valence-electron chi connectivity index (χ1n) is 6.41. The quantitative estimate of drug-likeness (QED) is 0.818. The zero-order valence-corrected chi connectivity index (χ0v) is 11.0. The zero-order valence-electron chi connectivity index (χ0n) is 11.0. The molecule has 1 aliphatic rings. The minimum Gasteiger partial charge on any atom is -0.473 e. The molecule has 18 heavy (non-hydrogen) atoms. The monoisotopic (exact) mass is 245 g/mol. The number of hydrogen-bond donors (Lipinski definition) is 0. The Morgan fingerprint density at radius 2 is 2.22 bits per heavy atom. The van der Waals surface area contributed by atoms with Crippen LogP contribution in [0.25, 0.3) is 0 Å². The third-order valence-corrected chi connectivity index (χ3v) is 3.62. The normalized spacial score (nSPS) is 19.2. The van der Waals surface area contributed by atoms with Crippen molar-refractivity contribution >= 4 is 0 Å². The first-order valence-corrected chi connectivity index (χ1v) is 6.41. The molecule has 1 unspecified atom stereocenters. The molecule has 0 aromatic carbocycles. The van der Waals surface area contributed by atoms with Crippen molar-refractivity contribution in [3.63, 3.8) is 0 Å². The van der Waals surface area contributed by atoms with Crippen LogP contribution >= 0.6 is 0 Å². The lowest BCUT2D eigenvalue weighted by Crippen LogP contribution is -2.36. The number of piperidine rings is 1. The lowest BCUT2D eigenvalue weighted by Gasteiger charge is -2.32. The fourth-order valence-electron chi connectivity index (χ4n) is 2.34. The van der Waals surface area contributed by atoms with Gasteiger partial charge < -0.3 is 9.64 Å². The Bertz CT molecular complexity index is 433. The number of aromatic nitrogens is 1. The number of rotatable bonds is 3. The van der Waals surface area contributed by atoms with E-state index in [1.54, 1.807) is 18.3 Å². The minimum atomic E-state index is 0.112. The summed E-state index contributed by atoms with van der Waals surface area (Å²) in [6.45, 7) is 4.31. The second-order valence-electron chi connectivity index (χ2n) is 4.93. The molecule has 0 amide bonds. The van der Waals surface area contributed by atoms with Gasteiger partial charge in [0.2, 0.25) is 5.88 Å². The van der Waals surface area contributed by atoms with Gasteiger partial charge in [-0.25, -0.2) is 4.98 Å². The summed E-state index contributed by atoms with van der Waals surface area (Å²) in [6.07, 6.45) is 4.07. The fourth-order valence-corrected chi connectivity index (χ4v) is 2.34. The average Bonchev–Trinajstić information content (AvgIpc) is 2.40. The van der Waals surface area contributed by atoms with Crippen LogP contribution in [0.4, 0.5) is 0 Å². The molecule has 96 valence electrons. The van der Waals surface area contributed by atoms with E-state index in [0.717, 1.165) is 25.9 Å². The van der Waals surface area contributed by atoms with Crippen LogP contribution in [0.5, 0.6) is 5.88 Å². The zero-order chi connectivity index (χ0) is 13.0. The number of nitriles is 1. The second kappa shape index (κ2) is 5.83. The van der Waals surface area contributed by atoms with Crippen LogP contribution in [0.1, 0.15) is 25.3 Å². The summed E-state index contributed by atoms with van der Waals surface area (Å²) < 4.78 is 5.86. The smallest absolute Gasteiger partial charge is 0.231 e. The van der Waals surface area contributed by atoms with Crippen molar-refractivity contribution in [2.45, 2.75) is 25.9 Å². The average molecular weight is 245 g/mol. The molecule has 1 aromatic heterocycles. The van der Waals surface area contributed by atoms with Gasteiger partial charge in [-0.05, 0) is 58.0 Å². The maximum Gasteiger partial charge on any atom is 0.231 e. The van der Waals surface area contributed by atoms with E-state index in [9.17, 15) is 0 Å². The number of pyridine rings is 1. The Kier molecular flexibility index (Phi) is 4.16. The van der Waals surface area contributed by atoms with E-state index in [1.165, 1.54) is 0 Å². The Morgan fingerprint density at radius 3 is 2.89 bits per heavy atom. The van der Waals surface area contributed by atoms with E-state index in [4.69, 9.17) is 10.00 Å². The summed E-state index contributed by atoms with van der Waals surface area (Å²) in [7, 11) is 2.15. The number of ether oxygens (including phenoxy) is 1. The van der Waals surface area contributed by atoms with Crippen molar-refractivity contribution < 1.29 is 4.74 Å². The number of nitrogens with zero attached hydrogens (tertiary/aromatic N) is 3. The maximum absolute atomic E-state index is 9.00. The van der Waals surface area contributed by atoms with Gasteiger partial charge >= 0.3 is 0 Å². The van der Waals surface area contributed by atoms with Crippen molar-refractivity contribution in [1.82, 2.24) is 9.88 Å². The molecule has 0 bridgehead atoms. The molecule has 2 rings (SSSR count). The van der Waals surface area contributed by atoms with Gasteiger partial charge in [0, 0.05) is 6.20 Å². The fraction of sp³-hybridized carbons (Fsp3) is 0.571. The Morgan fingerprint density at radius 1 is 1.50 bits per heavy atom. The van der Waals surface area contributed by atoms with Gasteiger partial charge in [0.1, 0.15) is 17.7 Å². The highest BCUT2D eigenvalue weighted by Gasteiger charge is 2.24. The molecule has 0 saturated carbocycles. The topological polar surface area (TPSA) is 49.1 Å². The van der Waals surface area contributed by atoms with Crippen molar-refractivity contribution in [2.24, 2.45) is 5.92 Å². The molecular formula is C14H19N3O. The third kappa shape index (κ3) is 2.99. The van der Waals surface area contributed by atoms with Crippen molar-refractivity contribution in [3.05, 3.63) is 23.9 Å². The lowest BCUT2D eigenvalue weighted by molar-refractivity contribution is 0.0938. The lowest BCUT2D eigenvalue weighted by atomic mass is 9.92. The Balaban J connectivity index is 1.99. The standard InChI is InChI=1S/C14H19N3O/c1-11(12-5-8-17(2)9-6-12)18-14-13(10-15)4-3-7-16-14/h3-4,7,11-12H,5-6,8-9H2,1-2H3. The molecule has 1 aromatic rings. The molecule has 0 radical (unpaired) electrons. The highest BCUT2D eigenvalue weighted by Crippen LogP contribution is 2.24. The van der Waals surface area contributed by atoms with Crippen molar-refractivity contribution in [2.75, 3.05) is 20.1 Å². The largest absolute Gasteiger partial charge is 0.473 e. The van der Waals surface area contributed by atoms with Crippen molar-refractivity contribution in [1.29, 1.82) is 5.26 Å². The highest BCUT2D eigenvalue weighted by molar-refractivity contribution is 5.37. The van der Waals surface area contributed by atoms with Crippen LogP contribution in [0, 0.1) is 17.2 Å². The van der Waals surface area contributed by atoms with Crippen LogP contribution in [0.2, 0.25) is 0 Å². The Labute approximate surface area is 108 Å². The molecule has 4 heteroatoms. The molecule has 1 atom stereocenters. The molecule has 2 heterocycles. The molecule has 1 aliphatic heterocycles. The van der Waals surface area contributed by atoms with E-state index in [0.29, 0.717) is 17.4 Å². The molecule has 0 spiro atoms. The third-order valence-electron chi connectivity index (χ3n) is 3.62. The van der Waals surface area contributed by atoms with Gasteiger partial charge in [0.25, 0.3) is 0 Å². The van der Waals surface area contributed by atoms with Crippen LogP contribution in [0.15, 0.2) is 18.3 Å². The van der Waals surface area contributed by atoms with Crippen LogP contribution in [-0.2, 0) is 0 Å². The van der Waals surface area contributed by atoms with E-state index in [2.05, 4.69) is 29.9 Å².